The van der Waals surface area contributed by atoms with Gasteiger partial charge in [-0.3, -0.25) is 0 Å². The smallest absolute Gasteiger partial charge is 0.117 e. The Morgan fingerprint density at radius 1 is 1.00 bits per heavy atom. The van der Waals surface area contributed by atoms with Gasteiger partial charge in [-0.1, -0.05) is 46.3 Å². The van der Waals surface area contributed by atoms with E-state index in [9.17, 15) is 0 Å². The summed E-state index contributed by atoms with van der Waals surface area (Å²) in [5.41, 5.74) is 3.82. The molecule has 2 aromatic carbocycles. The van der Waals surface area contributed by atoms with Crippen molar-refractivity contribution in [2.45, 2.75) is 6.54 Å². The number of anilines is 1. The Kier molecular flexibility index (Phi) is 4.36. The van der Waals surface area contributed by atoms with E-state index in [1.54, 1.807) is 0 Å². The average Bonchev–Trinajstić information content (AvgIpc) is 2.96. The fourth-order valence-electron chi connectivity index (χ4n) is 2.02. The van der Waals surface area contributed by atoms with Crippen molar-refractivity contribution in [3.8, 4) is 11.3 Å². The van der Waals surface area contributed by atoms with Crippen molar-refractivity contribution >= 4 is 37.5 Å². The van der Waals surface area contributed by atoms with Gasteiger partial charge in [0.2, 0.25) is 0 Å². The molecule has 21 heavy (non-hydrogen) atoms. The van der Waals surface area contributed by atoms with Gasteiger partial charge in [-0.25, -0.2) is 0 Å². The summed E-state index contributed by atoms with van der Waals surface area (Å²) in [5.74, 6) is 0. The van der Waals surface area contributed by atoms with Crippen LogP contribution in [0.2, 0.25) is 0 Å². The van der Waals surface area contributed by atoms with Gasteiger partial charge in [-0.05, 0) is 34.1 Å². The number of nitrogens with zero attached hydrogens (tertiary/aromatic N) is 2. The van der Waals surface area contributed by atoms with E-state index in [0.717, 1.165) is 31.6 Å². The van der Waals surface area contributed by atoms with Gasteiger partial charge in [-0.2, -0.15) is 15.4 Å². The number of hydrogen-bond donors (Lipinski definition) is 2. The van der Waals surface area contributed by atoms with Crippen LogP contribution in [0.4, 0.5) is 5.69 Å². The Bertz CT molecular complexity index is 740. The molecule has 1 aromatic heterocycles. The largest absolute Gasteiger partial charge is 0.378 e. The van der Waals surface area contributed by atoms with E-state index in [1.165, 1.54) is 0 Å². The second-order valence-corrected chi connectivity index (χ2v) is 6.23. The molecule has 3 aromatic rings. The van der Waals surface area contributed by atoms with Crippen molar-refractivity contribution in [2.75, 3.05) is 5.32 Å². The van der Waals surface area contributed by atoms with Gasteiger partial charge >= 0.3 is 0 Å². The SMILES string of the molecule is Brc1ccc(NCc2n[nH]nc2-c2ccccc2)c(Br)c1. The van der Waals surface area contributed by atoms with Gasteiger partial charge in [0.1, 0.15) is 11.4 Å². The minimum absolute atomic E-state index is 0.598. The standard InChI is InChI=1S/C15H12Br2N4/c16-11-6-7-13(12(17)8-11)18-9-14-15(20-21-19-14)10-4-2-1-3-5-10/h1-8,18H,9H2,(H,19,20,21). The summed E-state index contributed by atoms with van der Waals surface area (Å²) in [7, 11) is 0. The molecule has 0 atom stereocenters. The van der Waals surface area contributed by atoms with Crippen LogP contribution in [0.5, 0.6) is 0 Å². The molecule has 6 heteroatoms. The first-order chi connectivity index (χ1) is 10.2. The third-order valence-corrected chi connectivity index (χ3v) is 4.19. The fourth-order valence-corrected chi connectivity index (χ4v) is 3.20. The van der Waals surface area contributed by atoms with Gasteiger partial charge in [0.15, 0.2) is 0 Å². The van der Waals surface area contributed by atoms with Gasteiger partial charge < -0.3 is 5.32 Å². The molecule has 0 bridgehead atoms. The maximum atomic E-state index is 4.24. The molecule has 4 nitrogen and oxygen atoms in total. The first kappa shape index (κ1) is 14.3. The van der Waals surface area contributed by atoms with Crippen molar-refractivity contribution in [1.29, 1.82) is 0 Å². The number of nitrogens with one attached hydrogen (secondary N) is 2. The predicted octanol–water partition coefficient (Wildman–Crippen LogP) is 4.61. The van der Waals surface area contributed by atoms with Gasteiger partial charge in [0.25, 0.3) is 0 Å². The molecule has 0 aliphatic carbocycles. The summed E-state index contributed by atoms with van der Waals surface area (Å²) < 4.78 is 2.04. The molecule has 2 N–H and O–H groups in total. The maximum absolute atomic E-state index is 4.24. The van der Waals surface area contributed by atoms with Crippen LogP contribution in [-0.2, 0) is 6.54 Å². The van der Waals surface area contributed by atoms with Crippen LogP contribution in [-0.4, -0.2) is 15.4 Å². The molecule has 3 rings (SSSR count). The third kappa shape index (κ3) is 3.33. The predicted molar refractivity (Wildman–Crippen MR) is 91.0 cm³/mol. The highest BCUT2D eigenvalue weighted by atomic mass is 79.9. The lowest BCUT2D eigenvalue weighted by molar-refractivity contribution is 0.911. The molecule has 0 aliphatic heterocycles. The summed E-state index contributed by atoms with van der Waals surface area (Å²) in [6.07, 6.45) is 0. The van der Waals surface area contributed by atoms with Gasteiger partial charge in [0, 0.05) is 20.2 Å². The number of benzene rings is 2. The Morgan fingerprint density at radius 3 is 2.57 bits per heavy atom. The Labute approximate surface area is 139 Å². The Balaban J connectivity index is 1.79. The number of hydrogen-bond acceptors (Lipinski definition) is 3. The lowest BCUT2D eigenvalue weighted by Crippen LogP contribution is -2.02. The minimum Gasteiger partial charge on any atom is -0.378 e. The van der Waals surface area contributed by atoms with Crippen LogP contribution in [0.1, 0.15) is 5.69 Å². The number of rotatable bonds is 4. The second kappa shape index (κ2) is 6.41. The van der Waals surface area contributed by atoms with Crippen LogP contribution < -0.4 is 5.32 Å². The van der Waals surface area contributed by atoms with Crippen LogP contribution >= 0.6 is 31.9 Å². The van der Waals surface area contributed by atoms with E-state index in [2.05, 4.69) is 52.6 Å². The number of halogens is 2. The molecule has 1 heterocycles. The summed E-state index contributed by atoms with van der Waals surface area (Å²) in [5, 5.41) is 14.5. The zero-order valence-electron chi connectivity index (χ0n) is 11.0. The minimum atomic E-state index is 0.598. The Morgan fingerprint density at radius 2 is 1.81 bits per heavy atom. The molecular formula is C15H12Br2N4. The van der Waals surface area contributed by atoms with Crippen molar-refractivity contribution < 1.29 is 0 Å². The molecule has 0 radical (unpaired) electrons. The molecule has 0 saturated carbocycles. The normalized spacial score (nSPS) is 10.6. The van der Waals surface area contributed by atoms with Crippen molar-refractivity contribution in [3.05, 3.63) is 63.2 Å². The lowest BCUT2D eigenvalue weighted by atomic mass is 10.1. The molecule has 106 valence electrons. The molecule has 0 saturated heterocycles. The van der Waals surface area contributed by atoms with E-state index in [0.29, 0.717) is 6.54 Å². The molecule has 0 spiro atoms. The van der Waals surface area contributed by atoms with Crippen molar-refractivity contribution in [1.82, 2.24) is 15.4 Å². The highest BCUT2D eigenvalue weighted by Crippen LogP contribution is 2.27. The van der Waals surface area contributed by atoms with Crippen LogP contribution in [0, 0.1) is 0 Å². The zero-order chi connectivity index (χ0) is 14.7. The molecule has 0 amide bonds. The Hall–Kier alpha value is -1.66. The number of aromatic nitrogens is 3. The average molecular weight is 408 g/mol. The summed E-state index contributed by atoms with van der Waals surface area (Å²) in [4.78, 5) is 0. The number of aromatic amines is 1. The van der Waals surface area contributed by atoms with Crippen molar-refractivity contribution in [2.24, 2.45) is 0 Å². The highest BCUT2D eigenvalue weighted by Gasteiger charge is 2.10. The second-order valence-electron chi connectivity index (χ2n) is 4.46. The molecule has 0 fully saturated rings. The first-order valence-corrected chi connectivity index (χ1v) is 7.96. The number of H-pyrrole nitrogens is 1. The van der Waals surface area contributed by atoms with E-state index < -0.39 is 0 Å². The van der Waals surface area contributed by atoms with Crippen LogP contribution in [0.25, 0.3) is 11.3 Å². The molecular weight excluding hydrogens is 396 g/mol. The maximum Gasteiger partial charge on any atom is 0.117 e. The fraction of sp³-hybridized carbons (Fsp3) is 0.0667. The quantitative estimate of drug-likeness (QED) is 0.663. The summed E-state index contributed by atoms with van der Waals surface area (Å²) in [6, 6.07) is 16.0. The monoisotopic (exact) mass is 406 g/mol. The molecule has 0 unspecified atom stereocenters. The van der Waals surface area contributed by atoms with Gasteiger partial charge in [-0.15, -0.1) is 0 Å². The van der Waals surface area contributed by atoms with Gasteiger partial charge in [0.05, 0.1) is 6.54 Å². The van der Waals surface area contributed by atoms with E-state index in [1.807, 2.05) is 48.5 Å². The van der Waals surface area contributed by atoms with E-state index in [4.69, 9.17) is 0 Å². The van der Waals surface area contributed by atoms with E-state index >= 15 is 0 Å². The topological polar surface area (TPSA) is 53.6 Å². The van der Waals surface area contributed by atoms with Crippen LogP contribution in [0.3, 0.4) is 0 Å². The highest BCUT2D eigenvalue weighted by molar-refractivity contribution is 9.11. The van der Waals surface area contributed by atoms with E-state index in [-0.39, 0.29) is 0 Å². The lowest BCUT2D eigenvalue weighted by Gasteiger charge is -2.08. The summed E-state index contributed by atoms with van der Waals surface area (Å²) >= 11 is 6.98. The third-order valence-electron chi connectivity index (χ3n) is 3.04. The van der Waals surface area contributed by atoms with Crippen molar-refractivity contribution in [3.63, 3.8) is 0 Å². The van der Waals surface area contributed by atoms with Crippen LogP contribution in [0.15, 0.2) is 57.5 Å². The summed E-state index contributed by atoms with van der Waals surface area (Å²) in [6.45, 7) is 0.598. The zero-order valence-corrected chi connectivity index (χ0v) is 14.1. The first-order valence-electron chi connectivity index (χ1n) is 6.38. The molecule has 0 aliphatic rings.